The molecule has 0 aliphatic carbocycles. The SMILES string of the molecule is O=C(CCNCc1ccc(Br)cc1F)N1CCOCC1. The molecule has 1 saturated heterocycles. The summed E-state index contributed by atoms with van der Waals surface area (Å²) >= 11 is 3.22. The summed E-state index contributed by atoms with van der Waals surface area (Å²) in [6.07, 6.45) is 0.429. The third-order valence-electron chi connectivity index (χ3n) is 3.21. The Kier molecular flexibility index (Phi) is 5.94. The second-order valence-corrected chi connectivity index (χ2v) is 5.57. The van der Waals surface area contributed by atoms with E-state index in [-0.39, 0.29) is 11.7 Å². The summed E-state index contributed by atoms with van der Waals surface area (Å²) in [6, 6.07) is 4.98. The highest BCUT2D eigenvalue weighted by atomic mass is 79.9. The maximum atomic E-state index is 13.6. The summed E-state index contributed by atoms with van der Waals surface area (Å²) < 4.78 is 19.5. The highest BCUT2D eigenvalue weighted by Gasteiger charge is 2.15. The lowest BCUT2D eigenvalue weighted by Gasteiger charge is -2.26. The van der Waals surface area contributed by atoms with Gasteiger partial charge < -0.3 is 15.0 Å². The molecule has 0 spiro atoms. The van der Waals surface area contributed by atoms with Gasteiger partial charge in [-0.1, -0.05) is 22.0 Å². The van der Waals surface area contributed by atoms with Gasteiger partial charge in [0.2, 0.25) is 5.91 Å². The van der Waals surface area contributed by atoms with Crippen molar-refractivity contribution in [2.24, 2.45) is 0 Å². The van der Waals surface area contributed by atoms with Crippen molar-refractivity contribution in [2.45, 2.75) is 13.0 Å². The molecular weight excluding hydrogens is 327 g/mol. The summed E-state index contributed by atoms with van der Waals surface area (Å²) in [6.45, 7) is 3.54. The van der Waals surface area contributed by atoms with Gasteiger partial charge in [0.15, 0.2) is 0 Å². The maximum absolute atomic E-state index is 13.6. The lowest BCUT2D eigenvalue weighted by molar-refractivity contribution is -0.135. The highest BCUT2D eigenvalue weighted by molar-refractivity contribution is 9.10. The van der Waals surface area contributed by atoms with Gasteiger partial charge >= 0.3 is 0 Å². The van der Waals surface area contributed by atoms with Crippen LogP contribution in [-0.2, 0) is 16.1 Å². The number of rotatable bonds is 5. The predicted octanol–water partition coefficient (Wildman–Crippen LogP) is 1.93. The van der Waals surface area contributed by atoms with Crippen LogP contribution in [0, 0.1) is 5.82 Å². The molecule has 1 aromatic carbocycles. The van der Waals surface area contributed by atoms with E-state index < -0.39 is 0 Å². The molecule has 0 saturated carbocycles. The van der Waals surface area contributed by atoms with Crippen LogP contribution in [0.1, 0.15) is 12.0 Å². The Morgan fingerprint density at radius 3 is 2.85 bits per heavy atom. The van der Waals surface area contributed by atoms with Crippen molar-refractivity contribution < 1.29 is 13.9 Å². The number of carbonyl (C=O) groups excluding carboxylic acids is 1. The Bertz CT molecular complexity index is 464. The number of nitrogens with one attached hydrogen (secondary N) is 1. The van der Waals surface area contributed by atoms with E-state index in [1.54, 1.807) is 12.1 Å². The molecule has 0 bridgehead atoms. The Morgan fingerprint density at radius 2 is 2.15 bits per heavy atom. The molecule has 110 valence electrons. The van der Waals surface area contributed by atoms with Crippen molar-refractivity contribution in [2.75, 3.05) is 32.8 Å². The molecule has 0 radical (unpaired) electrons. The van der Waals surface area contributed by atoms with Crippen LogP contribution < -0.4 is 5.32 Å². The van der Waals surface area contributed by atoms with Crippen molar-refractivity contribution in [1.82, 2.24) is 10.2 Å². The van der Waals surface area contributed by atoms with E-state index in [2.05, 4.69) is 21.2 Å². The van der Waals surface area contributed by atoms with Gasteiger partial charge in [-0.3, -0.25) is 4.79 Å². The summed E-state index contributed by atoms with van der Waals surface area (Å²) in [4.78, 5) is 13.7. The van der Waals surface area contributed by atoms with Crippen LogP contribution in [0.3, 0.4) is 0 Å². The number of morpholine rings is 1. The molecule has 0 atom stereocenters. The first-order valence-electron chi connectivity index (χ1n) is 6.67. The van der Waals surface area contributed by atoms with E-state index in [0.717, 1.165) is 4.47 Å². The molecule has 1 fully saturated rings. The first-order chi connectivity index (χ1) is 9.66. The van der Waals surface area contributed by atoms with Gasteiger partial charge in [0.1, 0.15) is 5.82 Å². The van der Waals surface area contributed by atoms with Crippen molar-refractivity contribution in [3.05, 3.63) is 34.1 Å². The van der Waals surface area contributed by atoms with Crippen molar-refractivity contribution in [1.29, 1.82) is 0 Å². The molecule has 1 heterocycles. The highest BCUT2D eigenvalue weighted by Crippen LogP contribution is 2.14. The summed E-state index contributed by atoms with van der Waals surface area (Å²) in [7, 11) is 0. The third kappa shape index (κ3) is 4.54. The van der Waals surface area contributed by atoms with Crippen LogP contribution in [0.4, 0.5) is 4.39 Å². The number of hydrogen-bond acceptors (Lipinski definition) is 3. The van der Waals surface area contributed by atoms with Gasteiger partial charge in [-0.05, 0) is 12.1 Å². The molecule has 20 heavy (non-hydrogen) atoms. The van der Waals surface area contributed by atoms with Crippen LogP contribution in [-0.4, -0.2) is 43.7 Å². The smallest absolute Gasteiger partial charge is 0.224 e. The van der Waals surface area contributed by atoms with Crippen LogP contribution >= 0.6 is 15.9 Å². The molecule has 0 aromatic heterocycles. The molecular formula is C14H18BrFN2O2. The van der Waals surface area contributed by atoms with Crippen molar-refractivity contribution in [3.63, 3.8) is 0 Å². The lowest BCUT2D eigenvalue weighted by atomic mass is 10.2. The molecule has 0 unspecified atom stereocenters. The lowest BCUT2D eigenvalue weighted by Crippen LogP contribution is -2.41. The number of amides is 1. The fourth-order valence-corrected chi connectivity index (χ4v) is 2.39. The number of nitrogens with zero attached hydrogens (tertiary/aromatic N) is 1. The molecule has 1 aromatic rings. The Hall–Kier alpha value is -0.980. The molecule has 1 aliphatic heterocycles. The van der Waals surface area contributed by atoms with Crippen molar-refractivity contribution in [3.8, 4) is 0 Å². The zero-order valence-electron chi connectivity index (χ0n) is 11.2. The second-order valence-electron chi connectivity index (χ2n) is 4.66. The quantitative estimate of drug-likeness (QED) is 0.830. The minimum absolute atomic E-state index is 0.122. The molecule has 2 rings (SSSR count). The van der Waals surface area contributed by atoms with Crippen LogP contribution in [0.25, 0.3) is 0 Å². The van der Waals surface area contributed by atoms with Gasteiger partial charge in [0, 0.05) is 42.6 Å². The zero-order chi connectivity index (χ0) is 14.4. The van der Waals surface area contributed by atoms with Gasteiger partial charge in [0.25, 0.3) is 0 Å². The average molecular weight is 345 g/mol. The fraction of sp³-hybridized carbons (Fsp3) is 0.500. The first kappa shape index (κ1) is 15.4. The maximum Gasteiger partial charge on any atom is 0.224 e. The molecule has 4 nitrogen and oxygen atoms in total. The van der Waals surface area contributed by atoms with Crippen LogP contribution in [0.5, 0.6) is 0 Å². The number of carbonyl (C=O) groups is 1. The van der Waals surface area contributed by atoms with Gasteiger partial charge in [-0.2, -0.15) is 0 Å². The third-order valence-corrected chi connectivity index (χ3v) is 3.70. The number of benzene rings is 1. The summed E-state index contributed by atoms with van der Waals surface area (Å²) in [5, 5.41) is 3.10. The molecule has 1 amide bonds. The zero-order valence-corrected chi connectivity index (χ0v) is 12.8. The van der Waals surface area contributed by atoms with Gasteiger partial charge in [-0.15, -0.1) is 0 Å². The van der Waals surface area contributed by atoms with Gasteiger partial charge in [0.05, 0.1) is 13.2 Å². The minimum atomic E-state index is -0.244. The van der Waals surface area contributed by atoms with E-state index in [1.165, 1.54) is 6.07 Å². The predicted molar refractivity (Wildman–Crippen MR) is 77.8 cm³/mol. The van der Waals surface area contributed by atoms with E-state index in [1.807, 2.05) is 4.90 Å². The van der Waals surface area contributed by atoms with Gasteiger partial charge in [-0.25, -0.2) is 4.39 Å². The van der Waals surface area contributed by atoms with E-state index in [9.17, 15) is 9.18 Å². The Labute approximate surface area is 126 Å². The second kappa shape index (κ2) is 7.71. The Balaban J connectivity index is 1.69. The number of ether oxygens (including phenoxy) is 1. The normalized spacial score (nSPS) is 15.4. The Morgan fingerprint density at radius 1 is 1.40 bits per heavy atom. The largest absolute Gasteiger partial charge is 0.378 e. The monoisotopic (exact) mass is 344 g/mol. The summed E-state index contributed by atoms with van der Waals surface area (Å²) in [5.74, 6) is -0.122. The fourth-order valence-electron chi connectivity index (χ4n) is 2.05. The van der Waals surface area contributed by atoms with E-state index >= 15 is 0 Å². The molecule has 6 heteroatoms. The van der Waals surface area contributed by atoms with Crippen molar-refractivity contribution >= 4 is 21.8 Å². The number of halogens is 2. The molecule has 1 aliphatic rings. The van der Waals surface area contributed by atoms with Crippen LogP contribution in [0.15, 0.2) is 22.7 Å². The average Bonchev–Trinajstić information content (AvgIpc) is 2.46. The minimum Gasteiger partial charge on any atom is -0.378 e. The first-order valence-corrected chi connectivity index (χ1v) is 7.46. The number of hydrogen-bond donors (Lipinski definition) is 1. The van der Waals surface area contributed by atoms with E-state index in [0.29, 0.717) is 51.4 Å². The summed E-state index contributed by atoms with van der Waals surface area (Å²) in [5.41, 5.74) is 0.604. The molecule has 1 N–H and O–H groups in total. The standard InChI is InChI=1S/C14H18BrFN2O2/c15-12-2-1-11(13(16)9-12)10-17-4-3-14(19)18-5-7-20-8-6-18/h1-2,9,17H,3-8,10H2. The van der Waals surface area contributed by atoms with E-state index in [4.69, 9.17) is 4.74 Å². The topological polar surface area (TPSA) is 41.6 Å². The van der Waals surface area contributed by atoms with Crippen LogP contribution in [0.2, 0.25) is 0 Å².